The number of sulfonamides is 1. The number of nitrogen functional groups attached to an aromatic ring is 1. The van der Waals surface area contributed by atoms with Crippen molar-refractivity contribution in [3.8, 4) is 0 Å². The van der Waals surface area contributed by atoms with Crippen LogP contribution >= 0.6 is 27.5 Å². The van der Waals surface area contributed by atoms with Gasteiger partial charge in [-0.25, -0.2) is 13.2 Å². The second-order valence-electron chi connectivity index (χ2n) is 4.92. The van der Waals surface area contributed by atoms with Crippen LogP contribution < -0.4 is 16.1 Å². The summed E-state index contributed by atoms with van der Waals surface area (Å²) in [7, 11) is -4.02. The van der Waals surface area contributed by atoms with Crippen LogP contribution in [0.15, 0.2) is 61.0 Å². The van der Waals surface area contributed by atoms with Gasteiger partial charge in [-0.05, 0) is 42.5 Å². The van der Waals surface area contributed by atoms with Crippen LogP contribution in [0, 0.1) is 0 Å². The molecule has 0 aliphatic rings. The molecule has 3 N–H and O–H groups in total. The summed E-state index contributed by atoms with van der Waals surface area (Å²) in [5.74, 6) is 0. The number of hydrogen-bond acceptors (Lipinski definition) is 5. The summed E-state index contributed by atoms with van der Waals surface area (Å²) < 4.78 is 32.9. The summed E-state index contributed by atoms with van der Waals surface area (Å²) >= 11 is 9.15. The molecule has 0 saturated carbocycles. The summed E-state index contributed by atoms with van der Waals surface area (Å²) in [4.78, 5) is 11.9. The van der Waals surface area contributed by atoms with Gasteiger partial charge in [0.2, 0.25) is 0 Å². The number of hydrogen-bond donors (Lipinski definition) is 2. The molecule has 24 heavy (non-hydrogen) atoms. The Morgan fingerprint density at radius 3 is 2.58 bits per heavy atom. The molecule has 0 unspecified atom stereocenters. The van der Waals surface area contributed by atoms with Gasteiger partial charge >= 0.3 is 5.63 Å². The van der Waals surface area contributed by atoms with Gasteiger partial charge in [-0.3, -0.25) is 4.72 Å². The molecule has 124 valence electrons. The van der Waals surface area contributed by atoms with Crippen molar-refractivity contribution in [2.24, 2.45) is 0 Å². The predicted octanol–water partition coefficient (Wildman–Crippen LogP) is 3.59. The molecule has 3 aromatic rings. The maximum atomic E-state index is 12.4. The molecule has 3 rings (SSSR count). The highest BCUT2D eigenvalue weighted by Crippen LogP contribution is 2.25. The van der Waals surface area contributed by atoms with Gasteiger partial charge in [0.15, 0.2) is 0 Å². The van der Waals surface area contributed by atoms with Crippen LogP contribution in [0.4, 0.5) is 11.4 Å². The van der Waals surface area contributed by atoms with Crippen molar-refractivity contribution in [1.82, 2.24) is 0 Å². The van der Waals surface area contributed by atoms with E-state index in [-0.39, 0.29) is 21.3 Å². The van der Waals surface area contributed by atoms with Gasteiger partial charge in [0.25, 0.3) is 10.0 Å². The zero-order valence-electron chi connectivity index (χ0n) is 11.9. The first kappa shape index (κ1) is 16.8. The molecule has 1 aromatic heterocycles. The minimum Gasteiger partial charge on any atom is -0.421 e. The number of halogens is 2. The third kappa shape index (κ3) is 3.26. The lowest BCUT2D eigenvalue weighted by Gasteiger charge is -2.09. The van der Waals surface area contributed by atoms with Crippen molar-refractivity contribution in [1.29, 1.82) is 0 Å². The Balaban J connectivity index is 2.06. The van der Waals surface area contributed by atoms with E-state index in [0.29, 0.717) is 11.0 Å². The molecule has 2 aromatic carbocycles. The molecule has 6 nitrogen and oxygen atoms in total. The second-order valence-corrected chi connectivity index (χ2v) is 7.92. The molecular formula is C15H10BrClN2O4S. The van der Waals surface area contributed by atoms with Gasteiger partial charge in [-0.1, -0.05) is 27.5 Å². The van der Waals surface area contributed by atoms with E-state index in [0.717, 1.165) is 4.47 Å². The molecule has 0 bridgehead atoms. The molecule has 0 amide bonds. The van der Waals surface area contributed by atoms with E-state index in [1.165, 1.54) is 24.3 Å². The van der Waals surface area contributed by atoms with E-state index >= 15 is 0 Å². The lowest BCUT2D eigenvalue weighted by atomic mass is 10.2. The number of rotatable bonds is 3. The lowest BCUT2D eigenvalue weighted by Crippen LogP contribution is -2.18. The number of nitrogens with one attached hydrogen (secondary N) is 1. The summed E-state index contributed by atoms with van der Waals surface area (Å²) in [6, 6.07) is 10.3. The zero-order valence-corrected chi connectivity index (χ0v) is 15.1. The van der Waals surface area contributed by atoms with Crippen LogP contribution in [0.1, 0.15) is 0 Å². The van der Waals surface area contributed by atoms with Crippen LogP contribution in [0.2, 0.25) is 5.02 Å². The summed E-state index contributed by atoms with van der Waals surface area (Å²) in [6.45, 7) is 0. The van der Waals surface area contributed by atoms with Crippen LogP contribution in [0.3, 0.4) is 0 Å². The largest absolute Gasteiger partial charge is 0.421 e. The van der Waals surface area contributed by atoms with Crippen LogP contribution in [-0.2, 0) is 10.0 Å². The van der Waals surface area contributed by atoms with Crippen molar-refractivity contribution in [3.05, 3.63) is 62.4 Å². The van der Waals surface area contributed by atoms with E-state index in [2.05, 4.69) is 20.7 Å². The fourth-order valence-corrected chi connectivity index (χ4v) is 3.74. The van der Waals surface area contributed by atoms with E-state index < -0.39 is 15.6 Å². The Bertz CT molecular complexity index is 1110. The molecule has 0 atom stereocenters. The highest BCUT2D eigenvalue weighted by Gasteiger charge is 2.18. The molecule has 0 saturated heterocycles. The van der Waals surface area contributed by atoms with Crippen LogP contribution in [-0.4, -0.2) is 8.42 Å². The molecular weight excluding hydrogens is 420 g/mol. The van der Waals surface area contributed by atoms with Crippen LogP contribution in [0.5, 0.6) is 0 Å². The van der Waals surface area contributed by atoms with Crippen molar-refractivity contribution in [2.45, 2.75) is 4.90 Å². The molecule has 0 aliphatic carbocycles. The standard InChI is InChI=1S/C15H10BrClN2O4S/c16-9-1-4-14-8(5-9)6-13(15(20)23-14)19-24(21,22)10-2-3-12(18)11(17)7-10/h1-7,19H,18H2. The van der Waals surface area contributed by atoms with Crippen molar-refractivity contribution < 1.29 is 12.8 Å². The average molecular weight is 430 g/mol. The topological polar surface area (TPSA) is 102 Å². The Kier molecular flexibility index (Phi) is 4.29. The Labute approximate surface area is 150 Å². The van der Waals surface area contributed by atoms with Crippen LogP contribution in [0.25, 0.3) is 11.0 Å². The molecule has 0 aliphatic heterocycles. The first-order chi connectivity index (χ1) is 11.3. The number of benzene rings is 2. The first-order valence-corrected chi connectivity index (χ1v) is 9.23. The van der Waals surface area contributed by atoms with Gasteiger partial charge in [0, 0.05) is 9.86 Å². The quantitative estimate of drug-likeness (QED) is 0.489. The Morgan fingerprint density at radius 2 is 1.88 bits per heavy atom. The third-order valence-electron chi connectivity index (χ3n) is 3.22. The minimum absolute atomic E-state index is 0.104. The predicted molar refractivity (Wildman–Crippen MR) is 96.9 cm³/mol. The third-order valence-corrected chi connectivity index (χ3v) is 5.40. The van der Waals surface area contributed by atoms with Crippen molar-refractivity contribution in [2.75, 3.05) is 10.5 Å². The monoisotopic (exact) mass is 428 g/mol. The normalized spacial score (nSPS) is 11.6. The van der Waals surface area contributed by atoms with Gasteiger partial charge < -0.3 is 10.2 Å². The number of fused-ring (bicyclic) bond motifs is 1. The average Bonchev–Trinajstić information content (AvgIpc) is 2.51. The molecule has 9 heteroatoms. The molecule has 0 fully saturated rings. The first-order valence-electron chi connectivity index (χ1n) is 6.57. The highest BCUT2D eigenvalue weighted by molar-refractivity contribution is 9.10. The van der Waals surface area contributed by atoms with Crippen molar-refractivity contribution in [3.63, 3.8) is 0 Å². The number of anilines is 2. The smallest absolute Gasteiger partial charge is 0.360 e. The summed E-state index contributed by atoms with van der Waals surface area (Å²) in [5.41, 5.74) is 5.18. The number of nitrogens with two attached hydrogens (primary N) is 1. The summed E-state index contributed by atoms with van der Waals surface area (Å²) in [5, 5.41) is 0.671. The van der Waals surface area contributed by atoms with Crippen molar-refractivity contribution >= 4 is 59.9 Å². The Morgan fingerprint density at radius 1 is 1.12 bits per heavy atom. The minimum atomic E-state index is -4.02. The van der Waals surface area contributed by atoms with E-state index in [9.17, 15) is 13.2 Å². The highest BCUT2D eigenvalue weighted by atomic mass is 79.9. The van der Waals surface area contributed by atoms with Gasteiger partial charge in [0.05, 0.1) is 15.6 Å². The fraction of sp³-hybridized carbons (Fsp3) is 0. The van der Waals surface area contributed by atoms with E-state index in [1.807, 2.05) is 0 Å². The Hall–Kier alpha value is -2.03. The van der Waals surface area contributed by atoms with E-state index in [4.69, 9.17) is 21.8 Å². The maximum absolute atomic E-state index is 12.4. The summed E-state index contributed by atoms with van der Waals surface area (Å²) in [6.07, 6.45) is 0. The second kappa shape index (κ2) is 6.12. The molecule has 1 heterocycles. The molecule has 0 spiro atoms. The fourth-order valence-electron chi connectivity index (χ4n) is 2.04. The zero-order chi connectivity index (χ0) is 17.5. The van der Waals surface area contributed by atoms with Gasteiger partial charge in [0.1, 0.15) is 11.3 Å². The van der Waals surface area contributed by atoms with Gasteiger partial charge in [-0.15, -0.1) is 0 Å². The van der Waals surface area contributed by atoms with E-state index in [1.54, 1.807) is 18.2 Å². The lowest BCUT2D eigenvalue weighted by molar-refractivity contribution is 0.562. The SMILES string of the molecule is Nc1ccc(S(=O)(=O)Nc2cc3cc(Br)ccc3oc2=O)cc1Cl. The maximum Gasteiger partial charge on any atom is 0.360 e. The van der Waals surface area contributed by atoms with Gasteiger partial charge in [-0.2, -0.15) is 0 Å². The molecule has 0 radical (unpaired) electrons.